The Balaban J connectivity index is 1.60. The molecule has 0 saturated heterocycles. The van der Waals surface area contributed by atoms with Gasteiger partial charge < -0.3 is 19.5 Å². The third-order valence-corrected chi connectivity index (χ3v) is 3.25. The van der Waals surface area contributed by atoms with Crippen LogP contribution in [0.1, 0.15) is 0 Å². The zero-order chi connectivity index (χ0) is 16.1. The summed E-state index contributed by atoms with van der Waals surface area (Å²) in [4.78, 5) is 23.7. The number of hydrogen-bond acceptors (Lipinski definition) is 5. The Morgan fingerprint density at radius 2 is 1.91 bits per heavy atom. The molecule has 0 saturated carbocycles. The van der Waals surface area contributed by atoms with Gasteiger partial charge in [0.15, 0.2) is 6.61 Å². The number of carbonyl (C=O) groups is 2. The summed E-state index contributed by atoms with van der Waals surface area (Å²) in [5.41, 5.74) is 0.667. The van der Waals surface area contributed by atoms with Crippen molar-refractivity contribution >= 4 is 28.3 Å². The molecule has 0 aromatic heterocycles. The van der Waals surface area contributed by atoms with Crippen LogP contribution in [0.15, 0.2) is 54.5 Å². The molecule has 3 rings (SSSR count). The second kappa shape index (κ2) is 6.83. The Labute approximate surface area is 132 Å². The lowest BCUT2D eigenvalue weighted by Crippen LogP contribution is -2.23. The number of nitrogens with one attached hydrogen (secondary N) is 1. The van der Waals surface area contributed by atoms with Gasteiger partial charge >= 0.3 is 5.97 Å². The van der Waals surface area contributed by atoms with Gasteiger partial charge in [-0.05, 0) is 11.5 Å². The SMILES string of the molecule is O=C(COC(=O)C1=COCCO1)Nc1cccc2ccccc12. The molecule has 1 aliphatic rings. The summed E-state index contributed by atoms with van der Waals surface area (Å²) in [5, 5.41) is 4.67. The summed E-state index contributed by atoms with van der Waals surface area (Å²) in [6, 6.07) is 13.3. The fourth-order valence-corrected chi connectivity index (χ4v) is 2.20. The second-order valence-electron chi connectivity index (χ2n) is 4.85. The lowest BCUT2D eigenvalue weighted by Gasteiger charge is -2.14. The number of amides is 1. The first-order valence-electron chi connectivity index (χ1n) is 7.13. The number of fused-ring (bicyclic) bond motifs is 1. The van der Waals surface area contributed by atoms with E-state index in [9.17, 15) is 9.59 Å². The minimum atomic E-state index is -0.724. The molecular formula is C17H15NO5. The Morgan fingerprint density at radius 1 is 1.09 bits per heavy atom. The predicted molar refractivity (Wildman–Crippen MR) is 83.5 cm³/mol. The normalized spacial score (nSPS) is 13.5. The average Bonchev–Trinajstić information content (AvgIpc) is 2.61. The number of benzene rings is 2. The summed E-state index contributed by atoms with van der Waals surface area (Å²) in [5.74, 6) is -1.18. The Hall–Kier alpha value is -3.02. The fraction of sp³-hybridized carbons (Fsp3) is 0.176. The van der Waals surface area contributed by atoms with Gasteiger partial charge in [-0.2, -0.15) is 0 Å². The maximum atomic E-state index is 12.0. The number of carbonyl (C=O) groups excluding carboxylic acids is 2. The van der Waals surface area contributed by atoms with Gasteiger partial charge in [0.25, 0.3) is 5.91 Å². The molecule has 0 fully saturated rings. The van der Waals surface area contributed by atoms with Crippen molar-refractivity contribution < 1.29 is 23.8 Å². The highest BCUT2D eigenvalue weighted by Gasteiger charge is 2.18. The van der Waals surface area contributed by atoms with E-state index in [1.165, 1.54) is 6.26 Å². The van der Waals surface area contributed by atoms with Gasteiger partial charge in [0, 0.05) is 11.1 Å². The van der Waals surface area contributed by atoms with E-state index in [4.69, 9.17) is 14.2 Å². The number of anilines is 1. The van der Waals surface area contributed by atoms with Crippen molar-refractivity contribution in [3.8, 4) is 0 Å². The topological polar surface area (TPSA) is 73.9 Å². The number of ether oxygens (including phenoxy) is 3. The van der Waals surface area contributed by atoms with E-state index in [0.29, 0.717) is 12.3 Å². The van der Waals surface area contributed by atoms with Crippen molar-refractivity contribution in [1.82, 2.24) is 0 Å². The van der Waals surface area contributed by atoms with Crippen molar-refractivity contribution in [2.45, 2.75) is 0 Å². The van der Waals surface area contributed by atoms with Crippen LogP contribution in [0.5, 0.6) is 0 Å². The van der Waals surface area contributed by atoms with Crippen LogP contribution in [0.4, 0.5) is 5.69 Å². The van der Waals surface area contributed by atoms with Crippen LogP contribution in [0.25, 0.3) is 10.8 Å². The van der Waals surface area contributed by atoms with Crippen molar-refractivity contribution in [2.24, 2.45) is 0 Å². The van der Waals surface area contributed by atoms with E-state index >= 15 is 0 Å². The van der Waals surface area contributed by atoms with E-state index in [0.717, 1.165) is 10.8 Å². The van der Waals surface area contributed by atoms with E-state index in [2.05, 4.69) is 5.32 Å². The summed E-state index contributed by atoms with van der Waals surface area (Å²) in [6.45, 7) is 0.268. The maximum absolute atomic E-state index is 12.0. The summed E-state index contributed by atoms with van der Waals surface area (Å²) >= 11 is 0. The molecular weight excluding hydrogens is 298 g/mol. The van der Waals surface area contributed by atoms with E-state index in [-0.39, 0.29) is 12.4 Å². The summed E-state index contributed by atoms with van der Waals surface area (Å²) in [6.07, 6.45) is 1.19. The third-order valence-electron chi connectivity index (χ3n) is 3.25. The number of hydrogen-bond donors (Lipinski definition) is 1. The lowest BCUT2D eigenvalue weighted by molar-refractivity contribution is -0.148. The van der Waals surface area contributed by atoms with Gasteiger partial charge in [-0.1, -0.05) is 36.4 Å². The lowest BCUT2D eigenvalue weighted by atomic mass is 10.1. The highest BCUT2D eigenvalue weighted by atomic mass is 16.6. The molecule has 0 atom stereocenters. The Kier molecular flexibility index (Phi) is 4.42. The van der Waals surface area contributed by atoms with Gasteiger partial charge in [-0.3, -0.25) is 4.79 Å². The minimum absolute atomic E-state index is 0.0331. The molecule has 1 amide bonds. The number of esters is 1. The molecule has 1 aliphatic heterocycles. The first-order chi connectivity index (χ1) is 11.2. The van der Waals surface area contributed by atoms with Crippen molar-refractivity contribution in [1.29, 1.82) is 0 Å². The monoisotopic (exact) mass is 313 g/mol. The zero-order valence-electron chi connectivity index (χ0n) is 12.3. The highest BCUT2D eigenvalue weighted by Crippen LogP contribution is 2.22. The third kappa shape index (κ3) is 3.60. The molecule has 23 heavy (non-hydrogen) atoms. The molecule has 1 heterocycles. The number of rotatable bonds is 4. The molecule has 1 N–H and O–H groups in total. The van der Waals surface area contributed by atoms with Gasteiger partial charge in [-0.15, -0.1) is 0 Å². The first-order valence-corrected chi connectivity index (χ1v) is 7.13. The molecule has 2 aromatic carbocycles. The molecule has 6 nitrogen and oxygen atoms in total. The van der Waals surface area contributed by atoms with Crippen LogP contribution >= 0.6 is 0 Å². The van der Waals surface area contributed by atoms with E-state index in [1.807, 2.05) is 36.4 Å². The molecule has 0 radical (unpaired) electrons. The van der Waals surface area contributed by atoms with Crippen LogP contribution in [-0.2, 0) is 23.8 Å². The maximum Gasteiger partial charge on any atom is 0.377 e. The van der Waals surface area contributed by atoms with Crippen LogP contribution in [0, 0.1) is 0 Å². The van der Waals surface area contributed by atoms with E-state index < -0.39 is 18.5 Å². The largest absolute Gasteiger partial charge is 0.493 e. The summed E-state index contributed by atoms with van der Waals surface area (Å²) in [7, 11) is 0. The average molecular weight is 313 g/mol. The molecule has 2 aromatic rings. The smallest absolute Gasteiger partial charge is 0.377 e. The quantitative estimate of drug-likeness (QED) is 0.876. The van der Waals surface area contributed by atoms with Crippen LogP contribution in [0.3, 0.4) is 0 Å². The van der Waals surface area contributed by atoms with E-state index in [1.54, 1.807) is 6.07 Å². The zero-order valence-corrected chi connectivity index (χ0v) is 12.3. The second-order valence-corrected chi connectivity index (χ2v) is 4.85. The van der Waals surface area contributed by atoms with Gasteiger partial charge in [0.2, 0.25) is 5.76 Å². The molecule has 0 aliphatic carbocycles. The van der Waals surface area contributed by atoms with Crippen LogP contribution < -0.4 is 5.32 Å². The standard InChI is InChI=1S/C17H15NO5/c19-16(11-23-17(20)15-10-21-8-9-22-15)18-14-7-3-5-12-4-1-2-6-13(12)14/h1-7,10H,8-9,11H2,(H,18,19). The first kappa shape index (κ1) is 14.9. The Morgan fingerprint density at radius 3 is 2.74 bits per heavy atom. The van der Waals surface area contributed by atoms with Crippen molar-refractivity contribution in [3.63, 3.8) is 0 Å². The minimum Gasteiger partial charge on any atom is -0.493 e. The molecule has 0 unspecified atom stereocenters. The fourth-order valence-electron chi connectivity index (χ4n) is 2.20. The van der Waals surface area contributed by atoms with Gasteiger partial charge in [-0.25, -0.2) is 4.79 Å². The van der Waals surface area contributed by atoms with Gasteiger partial charge in [0.1, 0.15) is 19.5 Å². The van der Waals surface area contributed by atoms with Crippen LogP contribution in [-0.4, -0.2) is 31.7 Å². The Bertz CT molecular complexity index is 763. The molecule has 118 valence electrons. The molecule has 0 bridgehead atoms. The van der Waals surface area contributed by atoms with Gasteiger partial charge in [0.05, 0.1) is 0 Å². The van der Waals surface area contributed by atoms with Crippen molar-refractivity contribution in [2.75, 3.05) is 25.1 Å². The summed E-state index contributed by atoms with van der Waals surface area (Å²) < 4.78 is 14.9. The molecule has 6 heteroatoms. The molecule has 0 spiro atoms. The highest BCUT2D eigenvalue weighted by molar-refractivity contribution is 6.03. The predicted octanol–water partition coefficient (Wildman–Crippen LogP) is 2.21. The van der Waals surface area contributed by atoms with Crippen LogP contribution in [0.2, 0.25) is 0 Å². The van der Waals surface area contributed by atoms with Crippen molar-refractivity contribution in [3.05, 3.63) is 54.5 Å².